The lowest BCUT2D eigenvalue weighted by atomic mass is 10.0. The molecule has 8 heteroatoms. The molecule has 5 nitrogen and oxygen atoms in total. The third kappa shape index (κ3) is 8.60. The van der Waals surface area contributed by atoms with Gasteiger partial charge in [0.1, 0.15) is 5.75 Å². The Morgan fingerprint density at radius 3 is 2.45 bits per heavy atom. The molecule has 0 bridgehead atoms. The molecule has 0 radical (unpaired) electrons. The first-order valence-corrected chi connectivity index (χ1v) is 10.5. The van der Waals surface area contributed by atoms with Crippen LogP contribution in [0.1, 0.15) is 30.9 Å². The largest absolute Gasteiger partial charge is 0.434 e. The summed E-state index contributed by atoms with van der Waals surface area (Å²) in [6.07, 6.45) is 2.06. The zero-order valence-corrected chi connectivity index (χ0v) is 20.1. The van der Waals surface area contributed by atoms with Gasteiger partial charge in [-0.3, -0.25) is 4.90 Å². The average molecular weight is 544 g/mol. The number of nitrogens with zero attached hydrogens (tertiary/aromatic N) is 2. The lowest BCUT2D eigenvalue weighted by Crippen LogP contribution is -2.48. The number of alkyl halides is 2. The van der Waals surface area contributed by atoms with Gasteiger partial charge in [-0.1, -0.05) is 48.5 Å². The first-order valence-electron chi connectivity index (χ1n) is 10.5. The quantitative estimate of drug-likeness (QED) is 0.289. The van der Waals surface area contributed by atoms with Gasteiger partial charge in [-0.15, -0.1) is 24.0 Å². The topological polar surface area (TPSA) is 48.9 Å². The number of piperidine rings is 1. The zero-order valence-electron chi connectivity index (χ0n) is 17.8. The monoisotopic (exact) mass is 544 g/mol. The molecule has 0 atom stereocenters. The minimum Gasteiger partial charge on any atom is -0.434 e. The SMILES string of the molecule is CCNC(=NCc1ccccc1OC(F)F)NC1CCN(Cc2ccccc2)CC1.I. The van der Waals surface area contributed by atoms with E-state index in [-0.39, 0.29) is 36.3 Å². The van der Waals surface area contributed by atoms with Crippen LogP contribution in [0, 0.1) is 0 Å². The smallest absolute Gasteiger partial charge is 0.387 e. The summed E-state index contributed by atoms with van der Waals surface area (Å²) in [6.45, 7) is 3.19. The van der Waals surface area contributed by atoms with E-state index in [0.29, 0.717) is 17.6 Å². The number of hydrogen-bond donors (Lipinski definition) is 2. The number of rotatable bonds is 8. The number of para-hydroxylation sites is 1. The van der Waals surface area contributed by atoms with Crippen LogP contribution in [0.25, 0.3) is 0 Å². The maximum atomic E-state index is 12.6. The third-order valence-electron chi connectivity index (χ3n) is 5.12. The molecule has 0 spiro atoms. The first-order chi connectivity index (χ1) is 14.6. The summed E-state index contributed by atoms with van der Waals surface area (Å²) in [5.74, 6) is 0.868. The molecule has 1 aliphatic heterocycles. The highest BCUT2D eigenvalue weighted by molar-refractivity contribution is 14.0. The molecule has 170 valence electrons. The van der Waals surface area contributed by atoms with E-state index >= 15 is 0 Å². The second-order valence-corrected chi connectivity index (χ2v) is 7.36. The molecule has 1 heterocycles. The number of likely N-dealkylation sites (tertiary alicyclic amines) is 1. The summed E-state index contributed by atoms with van der Waals surface area (Å²) in [7, 11) is 0. The minimum atomic E-state index is -2.84. The van der Waals surface area contributed by atoms with Crippen molar-refractivity contribution in [2.75, 3.05) is 19.6 Å². The van der Waals surface area contributed by atoms with Gasteiger partial charge in [0.05, 0.1) is 6.54 Å². The van der Waals surface area contributed by atoms with E-state index in [9.17, 15) is 8.78 Å². The van der Waals surface area contributed by atoms with Crippen LogP contribution >= 0.6 is 24.0 Å². The van der Waals surface area contributed by atoms with Crippen molar-refractivity contribution in [3.63, 3.8) is 0 Å². The van der Waals surface area contributed by atoms with Crippen LogP contribution in [-0.2, 0) is 13.1 Å². The minimum absolute atomic E-state index is 0. The molecule has 0 unspecified atom stereocenters. The number of guanidine groups is 1. The van der Waals surface area contributed by atoms with Crippen LogP contribution in [0.2, 0.25) is 0 Å². The second kappa shape index (κ2) is 13.5. The van der Waals surface area contributed by atoms with Crippen molar-refractivity contribution >= 4 is 29.9 Å². The Kier molecular flexibility index (Phi) is 11.0. The fourth-order valence-electron chi connectivity index (χ4n) is 3.60. The molecule has 0 saturated carbocycles. The van der Waals surface area contributed by atoms with Gasteiger partial charge in [-0.2, -0.15) is 8.78 Å². The molecule has 3 rings (SSSR count). The van der Waals surface area contributed by atoms with Crippen LogP contribution in [0.5, 0.6) is 5.75 Å². The zero-order chi connectivity index (χ0) is 21.2. The number of halogens is 3. The summed E-state index contributed by atoms with van der Waals surface area (Å²) in [6, 6.07) is 17.6. The predicted molar refractivity (Wildman–Crippen MR) is 131 cm³/mol. The lowest BCUT2D eigenvalue weighted by Gasteiger charge is -2.33. The Morgan fingerprint density at radius 1 is 1.10 bits per heavy atom. The molecular weight excluding hydrogens is 513 g/mol. The Balaban J connectivity index is 0.00000341. The molecule has 1 aliphatic rings. The van der Waals surface area contributed by atoms with Crippen molar-refractivity contribution in [1.29, 1.82) is 0 Å². The fourth-order valence-corrected chi connectivity index (χ4v) is 3.60. The van der Waals surface area contributed by atoms with Gasteiger partial charge in [0, 0.05) is 37.8 Å². The van der Waals surface area contributed by atoms with E-state index in [1.54, 1.807) is 24.3 Å². The van der Waals surface area contributed by atoms with Gasteiger partial charge >= 0.3 is 6.61 Å². The predicted octanol–water partition coefficient (Wildman–Crippen LogP) is 4.63. The van der Waals surface area contributed by atoms with Crippen molar-refractivity contribution in [1.82, 2.24) is 15.5 Å². The maximum Gasteiger partial charge on any atom is 0.387 e. The highest BCUT2D eigenvalue weighted by Crippen LogP contribution is 2.21. The Labute approximate surface area is 200 Å². The summed E-state index contributed by atoms with van der Waals surface area (Å²) in [5, 5.41) is 6.74. The Morgan fingerprint density at radius 2 is 1.77 bits per heavy atom. The standard InChI is InChI=1S/C23H30F2N4O.HI/c1-2-26-23(27-16-19-10-6-7-11-21(19)30-22(24)25)28-20-12-14-29(15-13-20)17-18-8-4-3-5-9-18;/h3-11,20,22H,2,12-17H2,1H3,(H2,26,27,28);1H. The molecule has 1 fully saturated rings. The number of benzene rings is 2. The molecule has 0 aromatic heterocycles. The number of nitrogens with one attached hydrogen (secondary N) is 2. The van der Waals surface area contributed by atoms with Crippen molar-refractivity contribution in [2.24, 2.45) is 4.99 Å². The molecule has 0 aliphatic carbocycles. The number of hydrogen-bond acceptors (Lipinski definition) is 3. The summed E-state index contributed by atoms with van der Waals surface area (Å²) in [4.78, 5) is 7.06. The average Bonchev–Trinajstić information content (AvgIpc) is 2.75. The van der Waals surface area contributed by atoms with Gasteiger partial charge in [-0.05, 0) is 31.4 Å². The summed E-state index contributed by atoms with van der Waals surface area (Å²) >= 11 is 0. The number of ether oxygens (including phenoxy) is 1. The molecule has 0 amide bonds. The van der Waals surface area contributed by atoms with Gasteiger partial charge in [0.2, 0.25) is 0 Å². The van der Waals surface area contributed by atoms with Gasteiger partial charge < -0.3 is 15.4 Å². The molecule has 2 aromatic carbocycles. The van der Waals surface area contributed by atoms with E-state index < -0.39 is 6.61 Å². The summed E-state index contributed by atoms with van der Waals surface area (Å²) < 4.78 is 29.8. The lowest BCUT2D eigenvalue weighted by molar-refractivity contribution is -0.0504. The van der Waals surface area contributed by atoms with Gasteiger partial charge in [-0.25, -0.2) is 4.99 Å². The van der Waals surface area contributed by atoms with Gasteiger partial charge in [0.15, 0.2) is 5.96 Å². The molecule has 1 saturated heterocycles. The van der Waals surface area contributed by atoms with Crippen molar-refractivity contribution < 1.29 is 13.5 Å². The van der Waals surface area contributed by atoms with Crippen LogP contribution in [0.4, 0.5) is 8.78 Å². The molecular formula is C23H31F2IN4O. The summed E-state index contributed by atoms with van der Waals surface area (Å²) in [5.41, 5.74) is 1.97. The van der Waals surface area contributed by atoms with E-state index in [2.05, 4.69) is 49.5 Å². The molecule has 2 aromatic rings. The van der Waals surface area contributed by atoms with Crippen molar-refractivity contribution in [3.8, 4) is 5.75 Å². The van der Waals surface area contributed by atoms with E-state index in [4.69, 9.17) is 0 Å². The maximum absolute atomic E-state index is 12.6. The number of aliphatic imine (C=N–C) groups is 1. The normalized spacial score (nSPS) is 15.4. The van der Waals surface area contributed by atoms with Crippen molar-refractivity contribution in [2.45, 2.75) is 45.5 Å². The van der Waals surface area contributed by atoms with Crippen molar-refractivity contribution in [3.05, 3.63) is 65.7 Å². The van der Waals surface area contributed by atoms with E-state index in [0.717, 1.165) is 39.0 Å². The van der Waals surface area contributed by atoms with Gasteiger partial charge in [0.25, 0.3) is 0 Å². The second-order valence-electron chi connectivity index (χ2n) is 7.36. The highest BCUT2D eigenvalue weighted by atomic mass is 127. The van der Waals surface area contributed by atoms with Crippen LogP contribution in [0.15, 0.2) is 59.6 Å². The van der Waals surface area contributed by atoms with E-state index in [1.807, 2.05) is 13.0 Å². The Bertz CT molecular complexity index is 799. The third-order valence-corrected chi connectivity index (χ3v) is 5.12. The van der Waals surface area contributed by atoms with Crippen LogP contribution in [0.3, 0.4) is 0 Å². The fraction of sp³-hybridized carbons (Fsp3) is 0.435. The molecule has 2 N–H and O–H groups in total. The molecule has 31 heavy (non-hydrogen) atoms. The highest BCUT2D eigenvalue weighted by Gasteiger charge is 2.20. The van der Waals surface area contributed by atoms with E-state index in [1.165, 1.54) is 5.56 Å². The Hall–Kier alpha value is -1.94. The first kappa shape index (κ1) is 25.3. The van der Waals surface area contributed by atoms with Crippen LogP contribution in [-0.4, -0.2) is 43.1 Å². The van der Waals surface area contributed by atoms with Crippen LogP contribution < -0.4 is 15.4 Å².